The average Bonchev–Trinajstić information content (AvgIpc) is 2.28. The second kappa shape index (κ2) is 7.12. The minimum atomic E-state index is -0.0537. The number of halogens is 2. The summed E-state index contributed by atoms with van der Waals surface area (Å²) in [5.74, 6) is -0.0537. The molecule has 0 bridgehead atoms. The maximum atomic E-state index is 12.4. The molecule has 0 atom stereocenters. The Labute approximate surface area is 121 Å². The van der Waals surface area contributed by atoms with E-state index in [1.807, 2.05) is 13.8 Å². The van der Waals surface area contributed by atoms with Gasteiger partial charge in [-0.05, 0) is 54.4 Å². The maximum absolute atomic E-state index is 12.4. The number of nitrogens with zero attached hydrogens (tertiary/aromatic N) is 1. The van der Waals surface area contributed by atoms with E-state index in [1.54, 1.807) is 23.1 Å². The topological polar surface area (TPSA) is 40.5 Å². The Bertz CT molecular complexity index is 423. The summed E-state index contributed by atoms with van der Waals surface area (Å²) in [6.45, 7) is 4.54. The van der Waals surface area contributed by atoms with Crippen LogP contribution in [0.4, 0.5) is 0 Å². The van der Waals surface area contributed by atoms with Crippen LogP contribution in [0.25, 0.3) is 0 Å². The molecule has 1 aromatic rings. The van der Waals surface area contributed by atoms with Crippen LogP contribution >= 0.6 is 27.5 Å². The van der Waals surface area contributed by atoms with Gasteiger partial charge in [-0.15, -0.1) is 0 Å². The first-order valence-corrected chi connectivity index (χ1v) is 7.01. The molecule has 3 nitrogen and oxygen atoms in total. The number of carbonyl (C=O) groups is 1. The number of aliphatic hydroxyl groups is 1. The van der Waals surface area contributed by atoms with E-state index in [-0.39, 0.29) is 18.6 Å². The third kappa shape index (κ3) is 3.97. The van der Waals surface area contributed by atoms with Crippen molar-refractivity contribution in [2.45, 2.75) is 26.3 Å². The fourth-order valence-electron chi connectivity index (χ4n) is 1.65. The highest BCUT2D eigenvalue weighted by molar-refractivity contribution is 9.10. The molecule has 0 radical (unpaired) electrons. The second-order valence-corrected chi connectivity index (χ2v) is 5.58. The molecule has 0 unspecified atom stereocenters. The van der Waals surface area contributed by atoms with Crippen molar-refractivity contribution in [1.29, 1.82) is 0 Å². The van der Waals surface area contributed by atoms with Gasteiger partial charge >= 0.3 is 0 Å². The van der Waals surface area contributed by atoms with Crippen LogP contribution in [0.3, 0.4) is 0 Å². The predicted molar refractivity (Wildman–Crippen MR) is 77.0 cm³/mol. The van der Waals surface area contributed by atoms with Crippen molar-refractivity contribution in [1.82, 2.24) is 4.90 Å². The number of benzene rings is 1. The summed E-state index contributed by atoms with van der Waals surface area (Å²) in [5.41, 5.74) is 0.589. The quantitative estimate of drug-likeness (QED) is 0.897. The molecule has 0 saturated heterocycles. The van der Waals surface area contributed by atoms with Gasteiger partial charge in [0.1, 0.15) is 0 Å². The highest BCUT2D eigenvalue weighted by atomic mass is 79.9. The molecule has 0 spiro atoms. The molecule has 0 heterocycles. The van der Waals surface area contributed by atoms with Crippen LogP contribution in [0.2, 0.25) is 5.02 Å². The van der Waals surface area contributed by atoms with E-state index in [4.69, 9.17) is 16.7 Å². The van der Waals surface area contributed by atoms with Crippen molar-refractivity contribution in [3.63, 3.8) is 0 Å². The molecule has 1 aromatic carbocycles. The summed E-state index contributed by atoms with van der Waals surface area (Å²) >= 11 is 9.21. The Morgan fingerprint density at radius 3 is 2.67 bits per heavy atom. The van der Waals surface area contributed by atoms with Crippen molar-refractivity contribution >= 4 is 33.4 Å². The van der Waals surface area contributed by atoms with Gasteiger partial charge in [0.05, 0.1) is 5.56 Å². The first-order valence-electron chi connectivity index (χ1n) is 5.84. The molecule has 5 heteroatoms. The lowest BCUT2D eigenvalue weighted by molar-refractivity contribution is 0.0692. The van der Waals surface area contributed by atoms with E-state index >= 15 is 0 Å². The first kappa shape index (κ1) is 15.5. The van der Waals surface area contributed by atoms with E-state index < -0.39 is 0 Å². The lowest BCUT2D eigenvalue weighted by Gasteiger charge is -2.27. The molecule has 0 fully saturated rings. The summed E-state index contributed by atoms with van der Waals surface area (Å²) in [5, 5.41) is 9.46. The van der Waals surface area contributed by atoms with Gasteiger partial charge in [-0.2, -0.15) is 0 Å². The van der Waals surface area contributed by atoms with E-state index in [0.29, 0.717) is 28.0 Å². The number of aliphatic hydroxyl groups excluding tert-OH is 1. The standard InChI is InChI=1S/C13H17BrClNO2/c1-9(2)16(6-3-7-17)13(18)11-5-4-10(15)8-12(11)14/h4-5,8-9,17H,3,6-7H2,1-2H3. The molecule has 1 N–H and O–H groups in total. The summed E-state index contributed by atoms with van der Waals surface area (Å²) in [6, 6.07) is 5.21. The molecule has 1 rings (SSSR count). The van der Waals surface area contributed by atoms with Gasteiger partial charge in [-0.1, -0.05) is 11.6 Å². The highest BCUT2D eigenvalue weighted by Crippen LogP contribution is 2.23. The zero-order valence-corrected chi connectivity index (χ0v) is 12.8. The smallest absolute Gasteiger partial charge is 0.255 e. The van der Waals surface area contributed by atoms with Crippen LogP contribution in [-0.4, -0.2) is 35.1 Å². The highest BCUT2D eigenvalue weighted by Gasteiger charge is 2.20. The third-order valence-corrected chi connectivity index (χ3v) is 3.49. The molecule has 0 saturated carbocycles. The summed E-state index contributed by atoms with van der Waals surface area (Å²) in [4.78, 5) is 14.1. The van der Waals surface area contributed by atoms with Crippen molar-refractivity contribution in [3.8, 4) is 0 Å². The maximum Gasteiger partial charge on any atom is 0.255 e. The van der Waals surface area contributed by atoms with Gasteiger partial charge < -0.3 is 10.0 Å². The van der Waals surface area contributed by atoms with Crippen LogP contribution in [0.1, 0.15) is 30.6 Å². The fourth-order valence-corrected chi connectivity index (χ4v) is 2.51. The molecule has 1 amide bonds. The van der Waals surface area contributed by atoms with Crippen molar-refractivity contribution < 1.29 is 9.90 Å². The monoisotopic (exact) mass is 333 g/mol. The average molecular weight is 335 g/mol. The Morgan fingerprint density at radius 2 is 2.17 bits per heavy atom. The third-order valence-electron chi connectivity index (χ3n) is 2.60. The van der Waals surface area contributed by atoms with Crippen LogP contribution in [0, 0.1) is 0 Å². The van der Waals surface area contributed by atoms with Crippen molar-refractivity contribution in [3.05, 3.63) is 33.3 Å². The number of hydrogen-bond donors (Lipinski definition) is 1. The van der Waals surface area contributed by atoms with Crippen LogP contribution < -0.4 is 0 Å². The van der Waals surface area contributed by atoms with Gasteiger partial charge in [0.15, 0.2) is 0 Å². The lowest BCUT2D eigenvalue weighted by Crippen LogP contribution is -2.38. The summed E-state index contributed by atoms with van der Waals surface area (Å²) in [7, 11) is 0. The number of rotatable bonds is 5. The van der Waals surface area contributed by atoms with Crippen molar-refractivity contribution in [2.75, 3.05) is 13.2 Å². The predicted octanol–water partition coefficient (Wildman–Crippen LogP) is 3.34. The van der Waals surface area contributed by atoms with E-state index in [1.165, 1.54) is 0 Å². The molecule has 18 heavy (non-hydrogen) atoms. The Hall–Kier alpha value is -0.580. The van der Waals surface area contributed by atoms with Gasteiger partial charge in [0.2, 0.25) is 0 Å². The molecular weight excluding hydrogens is 318 g/mol. The molecule has 0 aliphatic carbocycles. The zero-order chi connectivity index (χ0) is 13.7. The van der Waals surface area contributed by atoms with Gasteiger partial charge in [0, 0.05) is 28.7 Å². The minimum absolute atomic E-state index is 0.0537. The van der Waals surface area contributed by atoms with Gasteiger partial charge in [0.25, 0.3) is 5.91 Å². The Kier molecular flexibility index (Phi) is 6.12. The summed E-state index contributed by atoms with van der Waals surface area (Å²) < 4.78 is 0.689. The molecular formula is C13H17BrClNO2. The number of hydrogen-bond acceptors (Lipinski definition) is 2. The zero-order valence-electron chi connectivity index (χ0n) is 10.5. The van der Waals surface area contributed by atoms with Gasteiger partial charge in [-0.3, -0.25) is 4.79 Å². The number of amides is 1. The summed E-state index contributed by atoms with van der Waals surface area (Å²) in [6.07, 6.45) is 0.579. The molecule has 0 aromatic heterocycles. The molecule has 0 aliphatic rings. The van der Waals surface area contributed by atoms with E-state index in [0.717, 1.165) is 0 Å². The van der Waals surface area contributed by atoms with Crippen molar-refractivity contribution in [2.24, 2.45) is 0 Å². The van der Waals surface area contributed by atoms with E-state index in [2.05, 4.69) is 15.9 Å². The van der Waals surface area contributed by atoms with E-state index in [9.17, 15) is 4.79 Å². The lowest BCUT2D eigenvalue weighted by atomic mass is 10.1. The normalized spacial score (nSPS) is 10.8. The molecule has 100 valence electrons. The van der Waals surface area contributed by atoms with Gasteiger partial charge in [-0.25, -0.2) is 0 Å². The van der Waals surface area contributed by atoms with Crippen LogP contribution in [-0.2, 0) is 0 Å². The molecule has 0 aliphatic heterocycles. The number of carbonyl (C=O) groups excluding carboxylic acids is 1. The fraction of sp³-hybridized carbons (Fsp3) is 0.462. The van der Waals surface area contributed by atoms with Crippen LogP contribution in [0.15, 0.2) is 22.7 Å². The largest absolute Gasteiger partial charge is 0.396 e. The SMILES string of the molecule is CC(C)N(CCCO)C(=O)c1ccc(Cl)cc1Br. The Morgan fingerprint density at radius 1 is 1.50 bits per heavy atom. The minimum Gasteiger partial charge on any atom is -0.396 e. The Balaban J connectivity index is 2.94. The first-order chi connectivity index (χ1) is 8.47. The van der Waals surface area contributed by atoms with Crippen LogP contribution in [0.5, 0.6) is 0 Å². The second-order valence-electron chi connectivity index (χ2n) is 4.29.